The number of aryl methyl sites for hydroxylation is 2. The Kier molecular flexibility index (Phi) is 4.62. The Balaban J connectivity index is 1.98. The maximum Gasteiger partial charge on any atom is 0.272 e. The molecule has 3 rings (SSSR count). The van der Waals surface area contributed by atoms with Crippen LogP contribution >= 0.6 is 11.3 Å². The standard InChI is InChI=1S/C15H18N4O3S2/c1-10-7-11(2)23-15(10)24(20,21)18-14-12(8-16)9-17-19(14)13-3-5-22-6-4-13/h7,9,13,18H,3-6H2,1-2H3. The van der Waals surface area contributed by atoms with Crippen molar-refractivity contribution in [1.82, 2.24) is 9.78 Å². The van der Waals surface area contributed by atoms with Crippen molar-refractivity contribution in [2.24, 2.45) is 0 Å². The first kappa shape index (κ1) is 17.0. The van der Waals surface area contributed by atoms with Gasteiger partial charge in [0.1, 0.15) is 15.8 Å². The molecule has 1 saturated heterocycles. The van der Waals surface area contributed by atoms with E-state index in [4.69, 9.17) is 4.74 Å². The molecular formula is C15H18N4O3S2. The number of hydrogen-bond acceptors (Lipinski definition) is 6. The van der Waals surface area contributed by atoms with Gasteiger partial charge in [-0.15, -0.1) is 11.3 Å². The Morgan fingerprint density at radius 1 is 1.42 bits per heavy atom. The molecule has 0 saturated carbocycles. The third-order valence-electron chi connectivity index (χ3n) is 3.92. The highest BCUT2D eigenvalue weighted by Gasteiger charge is 2.27. The zero-order chi connectivity index (χ0) is 17.3. The highest BCUT2D eigenvalue weighted by molar-refractivity contribution is 7.94. The van der Waals surface area contributed by atoms with Crippen LogP contribution in [0.3, 0.4) is 0 Å². The van der Waals surface area contributed by atoms with Crippen LogP contribution in [0.1, 0.15) is 34.9 Å². The van der Waals surface area contributed by atoms with E-state index in [9.17, 15) is 13.7 Å². The van der Waals surface area contributed by atoms with E-state index < -0.39 is 10.0 Å². The van der Waals surface area contributed by atoms with Crippen molar-refractivity contribution in [2.45, 2.75) is 36.9 Å². The Morgan fingerprint density at radius 3 is 2.71 bits per heavy atom. The molecule has 0 aromatic carbocycles. The van der Waals surface area contributed by atoms with Crippen LogP contribution in [-0.2, 0) is 14.8 Å². The first-order valence-electron chi connectivity index (χ1n) is 7.57. The van der Waals surface area contributed by atoms with Gasteiger partial charge in [0.15, 0.2) is 5.82 Å². The first-order valence-corrected chi connectivity index (χ1v) is 9.87. The topological polar surface area (TPSA) is 97.0 Å². The van der Waals surface area contributed by atoms with E-state index in [2.05, 4.69) is 9.82 Å². The van der Waals surface area contributed by atoms with Crippen molar-refractivity contribution in [1.29, 1.82) is 5.26 Å². The quantitative estimate of drug-likeness (QED) is 0.897. The van der Waals surface area contributed by atoms with Gasteiger partial charge >= 0.3 is 0 Å². The number of rotatable bonds is 4. The molecule has 7 nitrogen and oxygen atoms in total. The summed E-state index contributed by atoms with van der Waals surface area (Å²) in [5.74, 6) is 0.231. The number of thiophene rings is 1. The summed E-state index contributed by atoms with van der Waals surface area (Å²) in [4.78, 5) is 0.923. The van der Waals surface area contributed by atoms with E-state index in [1.165, 1.54) is 17.5 Å². The number of ether oxygens (including phenoxy) is 1. The van der Waals surface area contributed by atoms with Crippen LogP contribution < -0.4 is 4.72 Å². The van der Waals surface area contributed by atoms with Crippen LogP contribution in [-0.4, -0.2) is 31.4 Å². The number of aromatic nitrogens is 2. The van der Waals surface area contributed by atoms with Crippen LogP contribution in [0.5, 0.6) is 0 Å². The average Bonchev–Trinajstić information content (AvgIpc) is 3.10. The van der Waals surface area contributed by atoms with Gasteiger partial charge in [-0.2, -0.15) is 10.4 Å². The molecule has 0 amide bonds. The lowest BCUT2D eigenvalue weighted by molar-refractivity contribution is 0.0669. The van der Waals surface area contributed by atoms with Gasteiger partial charge in [-0.25, -0.2) is 13.1 Å². The molecule has 1 N–H and O–H groups in total. The number of nitrogens with zero attached hydrogens (tertiary/aromatic N) is 3. The lowest BCUT2D eigenvalue weighted by Crippen LogP contribution is -2.24. The second kappa shape index (κ2) is 6.55. The second-order valence-corrected chi connectivity index (χ2v) is 8.87. The zero-order valence-electron chi connectivity index (χ0n) is 13.4. The summed E-state index contributed by atoms with van der Waals surface area (Å²) in [6, 6.07) is 3.86. The average molecular weight is 366 g/mol. The van der Waals surface area contributed by atoms with Gasteiger partial charge in [0.25, 0.3) is 10.0 Å². The van der Waals surface area contributed by atoms with Crippen LogP contribution in [0, 0.1) is 25.2 Å². The van der Waals surface area contributed by atoms with Crippen molar-refractivity contribution >= 4 is 27.2 Å². The fourth-order valence-corrected chi connectivity index (χ4v) is 5.55. The van der Waals surface area contributed by atoms with Gasteiger partial charge < -0.3 is 4.74 Å². The molecule has 1 aliphatic rings. The van der Waals surface area contributed by atoms with E-state index in [1.807, 2.05) is 19.1 Å². The summed E-state index contributed by atoms with van der Waals surface area (Å²) in [6.45, 7) is 4.83. The molecule has 0 bridgehead atoms. The molecule has 0 spiro atoms. The van der Waals surface area contributed by atoms with Gasteiger partial charge in [-0.3, -0.25) is 4.72 Å². The Labute approximate surface area is 144 Å². The van der Waals surface area contributed by atoms with Gasteiger partial charge in [-0.05, 0) is 38.3 Å². The van der Waals surface area contributed by atoms with E-state index >= 15 is 0 Å². The molecule has 2 aromatic heterocycles. The minimum Gasteiger partial charge on any atom is -0.381 e. The maximum absolute atomic E-state index is 12.8. The van der Waals surface area contributed by atoms with Crippen LogP contribution in [0.25, 0.3) is 0 Å². The van der Waals surface area contributed by atoms with Crippen LogP contribution in [0.4, 0.5) is 5.82 Å². The Morgan fingerprint density at radius 2 is 2.12 bits per heavy atom. The molecule has 0 unspecified atom stereocenters. The van der Waals surface area contributed by atoms with Crippen LogP contribution in [0.2, 0.25) is 0 Å². The first-order chi connectivity index (χ1) is 11.4. The molecular weight excluding hydrogens is 348 g/mol. The van der Waals surface area contributed by atoms with E-state index in [0.29, 0.717) is 18.8 Å². The largest absolute Gasteiger partial charge is 0.381 e. The second-order valence-electron chi connectivity index (χ2n) is 5.74. The number of sulfonamides is 1. The normalized spacial score (nSPS) is 16.0. The van der Waals surface area contributed by atoms with Crippen molar-refractivity contribution in [3.05, 3.63) is 28.3 Å². The SMILES string of the molecule is Cc1cc(C)c(S(=O)(=O)Nc2c(C#N)cnn2C2CCOCC2)s1. The number of nitrogens with one attached hydrogen (secondary N) is 1. The number of nitriles is 1. The fraction of sp³-hybridized carbons (Fsp3) is 0.467. The third-order valence-corrected chi connectivity index (χ3v) is 7.05. The molecule has 1 aliphatic heterocycles. The Bertz CT molecular complexity index is 886. The van der Waals surface area contributed by atoms with Gasteiger partial charge in [-0.1, -0.05) is 0 Å². The lowest BCUT2D eigenvalue weighted by Gasteiger charge is -2.24. The lowest BCUT2D eigenvalue weighted by atomic mass is 10.1. The minimum atomic E-state index is -3.76. The molecule has 1 fully saturated rings. The van der Waals surface area contributed by atoms with Crippen LogP contribution in [0.15, 0.2) is 16.5 Å². The summed E-state index contributed by atoms with van der Waals surface area (Å²) in [6.07, 6.45) is 2.87. The molecule has 0 atom stereocenters. The van der Waals surface area contributed by atoms with Crippen molar-refractivity contribution in [3.8, 4) is 6.07 Å². The van der Waals surface area contributed by atoms with Gasteiger partial charge in [0.2, 0.25) is 0 Å². The molecule has 0 aliphatic carbocycles. The smallest absolute Gasteiger partial charge is 0.272 e. The molecule has 2 aromatic rings. The summed E-state index contributed by atoms with van der Waals surface area (Å²) in [7, 11) is -3.76. The molecule has 9 heteroatoms. The highest BCUT2D eigenvalue weighted by Crippen LogP contribution is 2.31. The van der Waals surface area contributed by atoms with Crippen molar-refractivity contribution < 1.29 is 13.2 Å². The van der Waals surface area contributed by atoms with Gasteiger partial charge in [0, 0.05) is 18.1 Å². The zero-order valence-corrected chi connectivity index (χ0v) is 15.1. The van der Waals surface area contributed by atoms with Crippen molar-refractivity contribution in [2.75, 3.05) is 17.9 Å². The molecule has 0 radical (unpaired) electrons. The molecule has 3 heterocycles. The predicted octanol–water partition coefficient (Wildman–Crippen LogP) is 2.59. The molecule has 128 valence electrons. The number of anilines is 1. The number of hydrogen-bond donors (Lipinski definition) is 1. The summed E-state index contributed by atoms with van der Waals surface area (Å²) >= 11 is 1.22. The van der Waals surface area contributed by atoms with E-state index in [-0.39, 0.29) is 21.6 Å². The van der Waals surface area contributed by atoms with Crippen molar-refractivity contribution in [3.63, 3.8) is 0 Å². The predicted molar refractivity (Wildman–Crippen MR) is 90.6 cm³/mol. The summed E-state index contributed by atoms with van der Waals surface area (Å²) in [5, 5.41) is 13.5. The minimum absolute atomic E-state index is 0.0183. The van der Waals surface area contributed by atoms with E-state index in [0.717, 1.165) is 17.7 Å². The summed E-state index contributed by atoms with van der Waals surface area (Å²) < 4.78 is 35.3. The summed E-state index contributed by atoms with van der Waals surface area (Å²) in [5.41, 5.74) is 0.914. The highest BCUT2D eigenvalue weighted by atomic mass is 32.2. The molecule has 24 heavy (non-hydrogen) atoms. The third kappa shape index (κ3) is 3.17. The van der Waals surface area contributed by atoms with E-state index in [1.54, 1.807) is 11.6 Å². The Hall–Kier alpha value is -1.89. The van der Waals surface area contributed by atoms with Gasteiger partial charge in [0.05, 0.1) is 12.2 Å². The monoisotopic (exact) mass is 366 g/mol. The fourth-order valence-electron chi connectivity index (χ4n) is 2.81. The maximum atomic E-state index is 12.8.